The van der Waals surface area contributed by atoms with Gasteiger partial charge in [-0.1, -0.05) is 60.1 Å². The van der Waals surface area contributed by atoms with Gasteiger partial charge in [0, 0.05) is 36.1 Å². The van der Waals surface area contributed by atoms with Gasteiger partial charge in [-0.3, -0.25) is 23.9 Å². The number of ether oxygens (including phenoxy) is 1. The number of hydrogen-bond acceptors (Lipinski definition) is 6. The van der Waals surface area contributed by atoms with E-state index >= 15 is 0 Å². The number of carboxylic acids is 1. The topological polar surface area (TPSA) is 120 Å². The summed E-state index contributed by atoms with van der Waals surface area (Å²) in [6, 6.07) is 5.32. The molecule has 9 nitrogen and oxygen atoms in total. The summed E-state index contributed by atoms with van der Waals surface area (Å²) in [5.74, 6) is 0.418. The van der Waals surface area contributed by atoms with E-state index in [1.807, 2.05) is 0 Å². The number of hydrogen-bond donors (Lipinski definition) is 1. The molecule has 0 amide bonds. The summed E-state index contributed by atoms with van der Waals surface area (Å²) >= 11 is 6.19. The Morgan fingerprint density at radius 3 is 2.31 bits per heavy atom. The van der Waals surface area contributed by atoms with E-state index in [-0.39, 0.29) is 57.4 Å². The SMILES string of the molecule is CCn1c([C@@]23CC[C@]4(C)[C@H](CC[C@@H]5[C@@]6(C)CC[C@H](OC(=O)CC(C)(C)C(=O)O)C(C)(C)C6CC[C@]54C)C2=C(C(C)C)C(=O)C3)cc(=O)n1-c1ccc(Cl)cn1. The molecule has 4 fully saturated rings. The van der Waals surface area contributed by atoms with E-state index in [1.54, 1.807) is 42.9 Å². The van der Waals surface area contributed by atoms with Crippen LogP contribution < -0.4 is 5.56 Å². The number of allylic oxidation sites excluding steroid dienone is 2. The van der Waals surface area contributed by atoms with Crippen LogP contribution in [0.4, 0.5) is 0 Å². The van der Waals surface area contributed by atoms with E-state index in [9.17, 15) is 24.3 Å². The van der Waals surface area contributed by atoms with Gasteiger partial charge >= 0.3 is 11.9 Å². The average Bonchev–Trinajstić information content (AvgIpc) is 3.60. The van der Waals surface area contributed by atoms with Crippen LogP contribution in [0, 0.1) is 50.7 Å². The molecule has 7 rings (SSSR count). The predicted molar refractivity (Wildman–Crippen MR) is 213 cm³/mol. The lowest BCUT2D eigenvalue weighted by Gasteiger charge is -2.72. The van der Waals surface area contributed by atoms with Gasteiger partial charge in [0.2, 0.25) is 0 Å². The number of aliphatic carboxylic acids is 1. The summed E-state index contributed by atoms with van der Waals surface area (Å²) < 4.78 is 9.91. The maximum Gasteiger partial charge on any atom is 0.309 e. The highest BCUT2D eigenvalue weighted by Gasteiger charge is 2.70. The quantitative estimate of drug-likeness (QED) is 0.265. The van der Waals surface area contributed by atoms with Crippen LogP contribution in [0.2, 0.25) is 5.02 Å². The van der Waals surface area contributed by atoms with E-state index < -0.39 is 22.8 Å². The molecule has 0 spiro atoms. The average molecular weight is 776 g/mol. The number of esters is 1. The van der Waals surface area contributed by atoms with E-state index in [4.69, 9.17) is 16.3 Å². The standard InChI is InChI=1S/C45H62ClN3O6/c1-11-48-32(22-35(51)49(48)34-15-12-27(46)25-47-34)45-21-20-43(9)28(38(45)37(26(2)3)29(50)23-45)13-14-31-42(8)18-17-33(55-36(52)24-40(4,5)39(53)54)41(6,7)30(42)16-19-44(31,43)10/h12,15,22,25-26,28,30-31,33H,11,13-14,16-21,23-24H2,1-10H3,(H,53,54)/t28-,30?,31-,33+,42+,43-,44-,45+/m1/s1. The number of pyridine rings is 1. The molecule has 1 unspecified atom stereocenters. The smallest absolute Gasteiger partial charge is 0.309 e. The summed E-state index contributed by atoms with van der Waals surface area (Å²) in [5, 5.41) is 10.1. The van der Waals surface area contributed by atoms with Gasteiger partial charge in [-0.2, -0.15) is 4.68 Å². The summed E-state index contributed by atoms with van der Waals surface area (Å²) in [7, 11) is 0. The normalized spacial score (nSPS) is 35.5. The van der Waals surface area contributed by atoms with Crippen molar-refractivity contribution < 1.29 is 24.2 Å². The second kappa shape index (κ2) is 13.2. The number of carboxylic acid groups (broad SMARTS) is 1. The summed E-state index contributed by atoms with van der Waals surface area (Å²) in [6.07, 6.45) is 9.22. The maximum absolute atomic E-state index is 14.4. The molecular weight excluding hydrogens is 714 g/mol. The van der Waals surface area contributed by atoms with Gasteiger partial charge in [0.15, 0.2) is 11.6 Å². The van der Waals surface area contributed by atoms with Gasteiger partial charge in [0.1, 0.15) is 6.10 Å². The number of Topliss-reactive ketones (excluding diaryl/α,β-unsaturated/α-hetero) is 1. The molecule has 55 heavy (non-hydrogen) atoms. The highest BCUT2D eigenvalue weighted by molar-refractivity contribution is 6.30. The fourth-order valence-corrected chi connectivity index (χ4v) is 13.8. The lowest BCUT2D eigenvalue weighted by molar-refractivity contribution is -0.232. The Balaban J connectivity index is 1.25. The third-order valence-electron chi connectivity index (χ3n) is 16.5. The predicted octanol–water partition coefficient (Wildman–Crippen LogP) is 9.35. The van der Waals surface area contributed by atoms with Crippen LogP contribution in [0.25, 0.3) is 5.82 Å². The number of carbonyl (C=O) groups is 3. The molecule has 0 radical (unpaired) electrons. The zero-order chi connectivity index (χ0) is 40.3. The van der Waals surface area contributed by atoms with Crippen molar-refractivity contribution in [3.63, 3.8) is 0 Å². The Bertz CT molecular complexity index is 2010. The van der Waals surface area contributed by atoms with Crippen LogP contribution in [0.5, 0.6) is 0 Å². The molecular formula is C45H62ClN3O6. The first-order valence-electron chi connectivity index (χ1n) is 20.7. The van der Waals surface area contributed by atoms with Gasteiger partial charge in [-0.25, -0.2) is 4.98 Å². The molecule has 0 aromatic carbocycles. The van der Waals surface area contributed by atoms with Gasteiger partial charge in [0.05, 0.1) is 22.6 Å². The molecule has 0 saturated heterocycles. The van der Waals surface area contributed by atoms with Crippen LogP contribution in [0.15, 0.2) is 40.3 Å². The lowest BCUT2D eigenvalue weighted by atomic mass is 9.33. The third kappa shape index (κ3) is 5.69. The molecule has 5 aliphatic carbocycles. The molecule has 300 valence electrons. The number of fused-ring (bicyclic) bond motifs is 7. The summed E-state index contributed by atoms with van der Waals surface area (Å²) in [5.41, 5.74) is 1.09. The number of rotatable bonds is 8. The Morgan fingerprint density at radius 1 is 0.982 bits per heavy atom. The number of halogens is 1. The van der Waals surface area contributed by atoms with Crippen molar-refractivity contribution in [2.24, 2.45) is 50.7 Å². The second-order valence-electron chi connectivity index (χ2n) is 20.2. The van der Waals surface area contributed by atoms with E-state index in [1.165, 1.54) is 5.57 Å². The third-order valence-corrected chi connectivity index (χ3v) is 16.7. The number of carbonyl (C=O) groups excluding carboxylic acids is 2. The Kier molecular flexibility index (Phi) is 9.58. The highest BCUT2D eigenvalue weighted by atomic mass is 35.5. The fourth-order valence-electron chi connectivity index (χ4n) is 13.7. The first-order valence-corrected chi connectivity index (χ1v) is 21.1. The molecule has 2 aromatic rings. The fraction of sp³-hybridized carbons (Fsp3) is 0.711. The largest absolute Gasteiger partial charge is 0.481 e. The molecule has 5 aliphatic rings. The molecule has 2 aromatic heterocycles. The van der Waals surface area contributed by atoms with Gasteiger partial charge in [-0.15, -0.1) is 0 Å². The molecule has 1 N–H and O–H groups in total. The zero-order valence-electron chi connectivity index (χ0n) is 34.7. The number of ketones is 1. The Morgan fingerprint density at radius 2 is 1.69 bits per heavy atom. The van der Waals surface area contributed by atoms with Gasteiger partial charge in [0.25, 0.3) is 5.56 Å². The van der Waals surface area contributed by atoms with Crippen molar-refractivity contribution >= 4 is 29.3 Å². The van der Waals surface area contributed by atoms with Crippen molar-refractivity contribution in [1.29, 1.82) is 0 Å². The molecule has 4 saturated carbocycles. The monoisotopic (exact) mass is 775 g/mol. The minimum absolute atomic E-state index is 0.0166. The maximum atomic E-state index is 14.4. The molecule has 0 aliphatic heterocycles. The van der Waals surface area contributed by atoms with Crippen molar-refractivity contribution in [1.82, 2.24) is 14.3 Å². The van der Waals surface area contributed by atoms with Crippen LogP contribution in [-0.2, 0) is 31.1 Å². The van der Waals surface area contributed by atoms with Crippen molar-refractivity contribution in [2.45, 2.75) is 152 Å². The minimum atomic E-state index is -1.18. The van der Waals surface area contributed by atoms with Crippen molar-refractivity contribution in [3.8, 4) is 5.82 Å². The summed E-state index contributed by atoms with van der Waals surface area (Å²) in [4.78, 5) is 57.8. The van der Waals surface area contributed by atoms with Crippen LogP contribution in [-0.4, -0.2) is 43.3 Å². The van der Waals surface area contributed by atoms with E-state index in [0.717, 1.165) is 62.6 Å². The zero-order valence-corrected chi connectivity index (χ0v) is 35.4. The van der Waals surface area contributed by atoms with Crippen LogP contribution in [0.3, 0.4) is 0 Å². The Labute approximate surface area is 331 Å². The minimum Gasteiger partial charge on any atom is -0.481 e. The highest BCUT2D eigenvalue weighted by Crippen LogP contribution is 2.76. The summed E-state index contributed by atoms with van der Waals surface area (Å²) in [6.45, 7) is 22.2. The first kappa shape index (κ1) is 40.0. The molecule has 2 heterocycles. The van der Waals surface area contributed by atoms with Crippen LogP contribution in [0.1, 0.15) is 139 Å². The van der Waals surface area contributed by atoms with Gasteiger partial charge in [-0.05, 0) is 135 Å². The van der Waals surface area contributed by atoms with E-state index in [2.05, 4.69) is 65.1 Å². The van der Waals surface area contributed by atoms with E-state index in [0.29, 0.717) is 35.6 Å². The van der Waals surface area contributed by atoms with Crippen LogP contribution >= 0.6 is 11.6 Å². The molecule has 10 heteroatoms. The van der Waals surface area contributed by atoms with Gasteiger partial charge < -0.3 is 9.84 Å². The number of aromatic nitrogens is 3. The molecule has 8 atom stereocenters. The second-order valence-corrected chi connectivity index (χ2v) is 20.6. The van der Waals surface area contributed by atoms with Crippen molar-refractivity contribution in [3.05, 3.63) is 56.6 Å². The number of nitrogens with zero attached hydrogens (tertiary/aromatic N) is 3. The van der Waals surface area contributed by atoms with Crippen molar-refractivity contribution in [2.75, 3.05) is 0 Å². The Hall–Kier alpha value is -3.20. The molecule has 0 bridgehead atoms. The lowest BCUT2D eigenvalue weighted by Crippen LogP contribution is -2.66. The first-order chi connectivity index (χ1) is 25.6.